The zero-order chi connectivity index (χ0) is 22.8. The fourth-order valence-electron chi connectivity index (χ4n) is 3.48. The summed E-state index contributed by atoms with van der Waals surface area (Å²) in [6.45, 7) is 5.12. The first kappa shape index (κ1) is 23.2. The zero-order valence-electron chi connectivity index (χ0n) is 19.4. The van der Waals surface area contributed by atoms with Crippen LogP contribution in [0.5, 0.6) is 11.5 Å². The highest BCUT2D eigenvalue weighted by Crippen LogP contribution is 2.27. The van der Waals surface area contributed by atoms with E-state index < -0.39 is 0 Å². The van der Waals surface area contributed by atoms with Crippen molar-refractivity contribution in [3.8, 4) is 11.5 Å². The van der Waals surface area contributed by atoms with Gasteiger partial charge in [0.05, 0.1) is 27.3 Å². The average Bonchev–Trinajstić information content (AvgIpc) is 3.33. The highest BCUT2D eigenvalue weighted by molar-refractivity contribution is 5.79. The lowest BCUT2D eigenvalue weighted by Crippen LogP contribution is -2.39. The van der Waals surface area contributed by atoms with Gasteiger partial charge in [-0.3, -0.25) is 4.68 Å². The first-order valence-electron chi connectivity index (χ1n) is 10.9. The first-order chi connectivity index (χ1) is 15.6. The molecule has 0 aliphatic carbocycles. The molecule has 0 radical (unpaired) electrons. The van der Waals surface area contributed by atoms with Crippen LogP contribution < -0.4 is 14.8 Å². The van der Waals surface area contributed by atoms with E-state index in [1.54, 1.807) is 20.4 Å². The number of methoxy groups -OCH3 is 2. The Hall–Kier alpha value is -3.48. The molecule has 7 heteroatoms. The van der Waals surface area contributed by atoms with Gasteiger partial charge in [-0.25, -0.2) is 4.99 Å². The quantitative estimate of drug-likeness (QED) is 0.390. The van der Waals surface area contributed by atoms with Crippen molar-refractivity contribution in [1.82, 2.24) is 20.0 Å². The lowest BCUT2D eigenvalue weighted by molar-refractivity contribution is 0.354. The van der Waals surface area contributed by atoms with Gasteiger partial charge in [-0.2, -0.15) is 5.10 Å². The minimum atomic E-state index is 0.621. The molecule has 1 aromatic heterocycles. The molecule has 0 saturated carbocycles. The molecule has 3 rings (SSSR count). The number of nitrogens with zero attached hydrogens (tertiary/aromatic N) is 4. The number of hydrogen-bond acceptors (Lipinski definition) is 4. The maximum absolute atomic E-state index is 5.42. The second kappa shape index (κ2) is 11.8. The van der Waals surface area contributed by atoms with Crippen molar-refractivity contribution >= 4 is 5.96 Å². The summed E-state index contributed by atoms with van der Waals surface area (Å²) < 4.78 is 12.7. The van der Waals surface area contributed by atoms with E-state index in [1.165, 1.54) is 16.7 Å². The summed E-state index contributed by atoms with van der Waals surface area (Å²) in [5.41, 5.74) is 3.59. The summed E-state index contributed by atoms with van der Waals surface area (Å²) in [6.07, 6.45) is 4.65. The molecule has 1 N–H and O–H groups in total. The molecular weight excluding hydrogens is 402 g/mol. The van der Waals surface area contributed by atoms with E-state index in [-0.39, 0.29) is 0 Å². The number of rotatable bonds is 10. The Balaban J connectivity index is 1.62. The van der Waals surface area contributed by atoms with E-state index in [4.69, 9.17) is 14.5 Å². The lowest BCUT2D eigenvalue weighted by atomic mass is 10.1. The van der Waals surface area contributed by atoms with Crippen LogP contribution >= 0.6 is 0 Å². The Kier molecular flexibility index (Phi) is 8.54. The third-order valence-corrected chi connectivity index (χ3v) is 5.19. The standard InChI is InChI=1S/C25H33N5O2/c1-5-26-25(29(2)15-12-20-10-11-23(31-3)24(17-20)32-4)27-18-21-8-6-9-22(16-21)19-30-14-7-13-28-30/h6-11,13-14,16-17H,5,12,15,18-19H2,1-4H3,(H,26,27). The highest BCUT2D eigenvalue weighted by Gasteiger charge is 2.09. The number of likely N-dealkylation sites (N-methyl/N-ethyl adjacent to an activating group) is 1. The lowest BCUT2D eigenvalue weighted by Gasteiger charge is -2.22. The molecule has 0 fully saturated rings. The molecule has 1 heterocycles. The minimum absolute atomic E-state index is 0.621. The van der Waals surface area contributed by atoms with Gasteiger partial charge in [0.2, 0.25) is 0 Å². The molecule has 0 atom stereocenters. The summed E-state index contributed by atoms with van der Waals surface area (Å²) >= 11 is 0. The van der Waals surface area contributed by atoms with Gasteiger partial charge in [0, 0.05) is 32.5 Å². The van der Waals surface area contributed by atoms with Gasteiger partial charge in [0.15, 0.2) is 17.5 Å². The van der Waals surface area contributed by atoms with Crippen LogP contribution in [0.1, 0.15) is 23.6 Å². The Morgan fingerprint density at radius 1 is 1.03 bits per heavy atom. The molecule has 0 aliphatic rings. The van der Waals surface area contributed by atoms with Crippen LogP contribution in [0.4, 0.5) is 0 Å². The van der Waals surface area contributed by atoms with Gasteiger partial charge in [-0.15, -0.1) is 0 Å². The topological polar surface area (TPSA) is 63.9 Å². The van der Waals surface area contributed by atoms with Gasteiger partial charge in [0.1, 0.15) is 0 Å². The smallest absolute Gasteiger partial charge is 0.193 e. The first-order valence-corrected chi connectivity index (χ1v) is 10.9. The molecule has 2 aromatic carbocycles. The van der Waals surface area contributed by atoms with Crippen molar-refractivity contribution in [3.05, 3.63) is 77.6 Å². The molecule has 7 nitrogen and oxygen atoms in total. The van der Waals surface area contributed by atoms with Crippen molar-refractivity contribution in [3.63, 3.8) is 0 Å². The number of hydrogen-bond donors (Lipinski definition) is 1. The monoisotopic (exact) mass is 435 g/mol. The second-order valence-corrected chi connectivity index (χ2v) is 7.55. The van der Waals surface area contributed by atoms with Crippen molar-refractivity contribution in [1.29, 1.82) is 0 Å². The predicted octanol–water partition coefficient (Wildman–Crippen LogP) is 3.59. The Morgan fingerprint density at radius 2 is 1.84 bits per heavy atom. The number of aromatic nitrogens is 2. The van der Waals surface area contributed by atoms with Crippen molar-refractivity contribution in [2.24, 2.45) is 4.99 Å². The van der Waals surface area contributed by atoms with Gasteiger partial charge in [-0.1, -0.05) is 30.3 Å². The second-order valence-electron chi connectivity index (χ2n) is 7.55. The van der Waals surface area contributed by atoms with Crippen LogP contribution in [0.15, 0.2) is 65.9 Å². The van der Waals surface area contributed by atoms with E-state index in [2.05, 4.69) is 59.6 Å². The maximum atomic E-state index is 5.42. The van der Waals surface area contributed by atoms with E-state index in [9.17, 15) is 0 Å². The fraction of sp³-hybridized carbons (Fsp3) is 0.360. The van der Waals surface area contributed by atoms with Crippen LogP contribution in [0.25, 0.3) is 0 Å². The van der Waals surface area contributed by atoms with Crippen molar-refractivity contribution in [2.45, 2.75) is 26.4 Å². The molecular formula is C25H33N5O2. The summed E-state index contributed by atoms with van der Waals surface area (Å²) in [6, 6.07) is 16.5. The van der Waals surface area contributed by atoms with Crippen molar-refractivity contribution < 1.29 is 9.47 Å². The molecule has 0 spiro atoms. The zero-order valence-corrected chi connectivity index (χ0v) is 19.4. The third-order valence-electron chi connectivity index (χ3n) is 5.19. The van der Waals surface area contributed by atoms with Crippen LogP contribution in [-0.2, 0) is 19.5 Å². The van der Waals surface area contributed by atoms with E-state index in [0.29, 0.717) is 6.54 Å². The summed E-state index contributed by atoms with van der Waals surface area (Å²) in [7, 11) is 5.38. The number of nitrogens with one attached hydrogen (secondary N) is 1. The van der Waals surface area contributed by atoms with Crippen LogP contribution in [0.3, 0.4) is 0 Å². The molecule has 0 unspecified atom stereocenters. The van der Waals surface area contributed by atoms with Gasteiger partial charge >= 0.3 is 0 Å². The Labute approximate surface area is 190 Å². The SMILES string of the molecule is CCNC(=NCc1cccc(Cn2cccn2)c1)N(C)CCc1ccc(OC)c(OC)c1. The van der Waals surface area contributed by atoms with Crippen LogP contribution in [-0.4, -0.2) is 55.0 Å². The number of guanidine groups is 1. The molecule has 170 valence electrons. The average molecular weight is 436 g/mol. The predicted molar refractivity (Wildman–Crippen MR) is 128 cm³/mol. The molecule has 0 aliphatic heterocycles. The Bertz CT molecular complexity index is 1000. The molecule has 0 bridgehead atoms. The van der Waals surface area contributed by atoms with Gasteiger partial charge in [0.25, 0.3) is 0 Å². The van der Waals surface area contributed by atoms with Crippen molar-refractivity contribution in [2.75, 3.05) is 34.4 Å². The van der Waals surface area contributed by atoms with E-state index in [1.807, 2.05) is 29.1 Å². The van der Waals surface area contributed by atoms with E-state index >= 15 is 0 Å². The Morgan fingerprint density at radius 3 is 2.56 bits per heavy atom. The normalized spacial score (nSPS) is 11.3. The van der Waals surface area contributed by atoms with Crippen LogP contribution in [0.2, 0.25) is 0 Å². The van der Waals surface area contributed by atoms with Gasteiger partial charge < -0.3 is 19.7 Å². The summed E-state index contributed by atoms with van der Waals surface area (Å²) in [5, 5.41) is 7.68. The minimum Gasteiger partial charge on any atom is -0.493 e. The maximum Gasteiger partial charge on any atom is 0.193 e. The summed E-state index contributed by atoms with van der Waals surface area (Å²) in [5.74, 6) is 2.39. The number of ether oxygens (including phenoxy) is 2. The van der Waals surface area contributed by atoms with E-state index in [0.717, 1.165) is 43.5 Å². The molecule has 3 aromatic rings. The molecule has 0 amide bonds. The van der Waals surface area contributed by atoms with Crippen LogP contribution in [0, 0.1) is 0 Å². The van der Waals surface area contributed by atoms with Gasteiger partial charge in [-0.05, 0) is 48.2 Å². The number of aliphatic imine (C=N–C) groups is 1. The highest BCUT2D eigenvalue weighted by atomic mass is 16.5. The third kappa shape index (κ3) is 6.51. The molecule has 0 saturated heterocycles. The number of benzene rings is 2. The fourth-order valence-corrected chi connectivity index (χ4v) is 3.48. The molecule has 32 heavy (non-hydrogen) atoms. The summed E-state index contributed by atoms with van der Waals surface area (Å²) in [4.78, 5) is 7.02. The largest absolute Gasteiger partial charge is 0.493 e.